The van der Waals surface area contributed by atoms with E-state index in [9.17, 15) is 0 Å². The normalized spacial score (nSPS) is 21.4. The van der Waals surface area contributed by atoms with Gasteiger partial charge in [-0.3, -0.25) is 0 Å². The maximum absolute atomic E-state index is 5.35. The monoisotopic (exact) mass is 199 g/mol. The average molecular weight is 199 g/mol. The molecule has 14 heavy (non-hydrogen) atoms. The first-order valence-corrected chi connectivity index (χ1v) is 6.05. The van der Waals surface area contributed by atoms with Crippen molar-refractivity contribution >= 4 is 0 Å². The minimum Gasteiger partial charge on any atom is -0.381 e. The molecule has 1 atom stereocenters. The Morgan fingerprint density at radius 3 is 2.43 bits per heavy atom. The van der Waals surface area contributed by atoms with Crippen molar-refractivity contribution in [2.75, 3.05) is 19.8 Å². The molecule has 1 aliphatic rings. The van der Waals surface area contributed by atoms with Crippen molar-refractivity contribution < 1.29 is 4.74 Å². The topological polar surface area (TPSA) is 21.3 Å². The lowest BCUT2D eigenvalue weighted by Crippen LogP contribution is -2.38. The van der Waals surface area contributed by atoms with Gasteiger partial charge in [0, 0.05) is 19.3 Å². The van der Waals surface area contributed by atoms with Gasteiger partial charge >= 0.3 is 0 Å². The van der Waals surface area contributed by atoms with Gasteiger partial charge < -0.3 is 10.1 Å². The lowest BCUT2D eigenvalue weighted by Gasteiger charge is -2.27. The van der Waals surface area contributed by atoms with Crippen molar-refractivity contribution in [3.05, 3.63) is 0 Å². The van der Waals surface area contributed by atoms with Crippen molar-refractivity contribution in [3.8, 4) is 0 Å². The predicted octanol–water partition coefficient (Wildman–Crippen LogP) is 2.44. The molecule has 1 unspecified atom stereocenters. The van der Waals surface area contributed by atoms with E-state index >= 15 is 0 Å². The molecule has 0 spiro atoms. The molecule has 1 saturated heterocycles. The van der Waals surface area contributed by atoms with Crippen LogP contribution in [0, 0.1) is 11.8 Å². The van der Waals surface area contributed by atoms with E-state index in [2.05, 4.69) is 26.1 Å². The van der Waals surface area contributed by atoms with Crippen LogP contribution >= 0.6 is 0 Å². The van der Waals surface area contributed by atoms with Gasteiger partial charge in [-0.2, -0.15) is 0 Å². The van der Waals surface area contributed by atoms with Crippen molar-refractivity contribution in [2.45, 2.75) is 46.1 Å². The molecule has 0 saturated carbocycles. The molecular formula is C12H25NO. The highest BCUT2D eigenvalue weighted by Gasteiger charge is 2.16. The fourth-order valence-corrected chi connectivity index (χ4v) is 2.12. The smallest absolute Gasteiger partial charge is 0.0469 e. The second-order valence-electron chi connectivity index (χ2n) is 4.72. The first-order valence-electron chi connectivity index (χ1n) is 6.05. The van der Waals surface area contributed by atoms with Crippen molar-refractivity contribution in [3.63, 3.8) is 0 Å². The number of ether oxygens (including phenoxy) is 1. The van der Waals surface area contributed by atoms with E-state index in [-0.39, 0.29) is 0 Å². The summed E-state index contributed by atoms with van der Waals surface area (Å²) in [6.07, 6.45) is 3.71. The van der Waals surface area contributed by atoms with Gasteiger partial charge in [0.05, 0.1) is 0 Å². The summed E-state index contributed by atoms with van der Waals surface area (Å²) in [6, 6.07) is 0.692. The Labute approximate surface area is 88.4 Å². The Morgan fingerprint density at radius 1 is 1.29 bits per heavy atom. The summed E-state index contributed by atoms with van der Waals surface area (Å²) in [4.78, 5) is 0. The quantitative estimate of drug-likeness (QED) is 0.734. The Kier molecular flexibility index (Phi) is 5.49. The molecule has 0 aromatic rings. The van der Waals surface area contributed by atoms with Gasteiger partial charge in [0.25, 0.3) is 0 Å². The van der Waals surface area contributed by atoms with E-state index in [1.807, 2.05) is 0 Å². The molecule has 1 aliphatic heterocycles. The van der Waals surface area contributed by atoms with E-state index in [4.69, 9.17) is 4.74 Å². The average Bonchev–Trinajstić information content (AvgIpc) is 2.20. The predicted molar refractivity (Wildman–Crippen MR) is 60.5 cm³/mol. The lowest BCUT2D eigenvalue weighted by atomic mass is 9.97. The third-order valence-corrected chi connectivity index (χ3v) is 3.25. The van der Waals surface area contributed by atoms with Gasteiger partial charge in [-0.1, -0.05) is 20.8 Å². The zero-order chi connectivity index (χ0) is 10.4. The number of hydrogen-bond acceptors (Lipinski definition) is 2. The van der Waals surface area contributed by atoms with Gasteiger partial charge in [-0.05, 0) is 37.6 Å². The Hall–Kier alpha value is -0.0800. The standard InChI is InChI=1S/C12H25NO/c1-4-12(10(2)3)13-9-11-5-7-14-8-6-11/h10-13H,4-9H2,1-3H3. The minimum atomic E-state index is 0.692. The molecular weight excluding hydrogens is 174 g/mol. The number of hydrogen-bond donors (Lipinski definition) is 1. The fourth-order valence-electron chi connectivity index (χ4n) is 2.12. The highest BCUT2D eigenvalue weighted by molar-refractivity contribution is 4.72. The van der Waals surface area contributed by atoms with E-state index in [0.717, 1.165) is 25.0 Å². The van der Waals surface area contributed by atoms with Gasteiger partial charge in [0.2, 0.25) is 0 Å². The van der Waals surface area contributed by atoms with E-state index in [1.165, 1.54) is 25.8 Å². The summed E-state index contributed by atoms with van der Waals surface area (Å²) < 4.78 is 5.35. The SMILES string of the molecule is CCC(NCC1CCOCC1)C(C)C. The largest absolute Gasteiger partial charge is 0.381 e. The Balaban J connectivity index is 2.16. The van der Waals surface area contributed by atoms with E-state index in [0.29, 0.717) is 6.04 Å². The highest BCUT2D eigenvalue weighted by Crippen LogP contribution is 2.14. The van der Waals surface area contributed by atoms with Crippen LogP contribution in [0.5, 0.6) is 0 Å². The first kappa shape index (κ1) is 12.0. The van der Waals surface area contributed by atoms with Crippen LogP contribution in [0.25, 0.3) is 0 Å². The third kappa shape index (κ3) is 3.97. The van der Waals surface area contributed by atoms with Crippen molar-refractivity contribution in [1.29, 1.82) is 0 Å². The number of nitrogens with one attached hydrogen (secondary N) is 1. The number of rotatable bonds is 5. The molecule has 0 amide bonds. The van der Waals surface area contributed by atoms with Gasteiger partial charge in [0.1, 0.15) is 0 Å². The maximum atomic E-state index is 5.35. The molecule has 1 heterocycles. The summed E-state index contributed by atoms with van der Waals surface area (Å²) in [6.45, 7) is 9.97. The van der Waals surface area contributed by atoms with Crippen LogP contribution < -0.4 is 5.32 Å². The summed E-state index contributed by atoms with van der Waals surface area (Å²) in [5.74, 6) is 1.59. The third-order valence-electron chi connectivity index (χ3n) is 3.25. The van der Waals surface area contributed by atoms with E-state index in [1.54, 1.807) is 0 Å². The van der Waals surface area contributed by atoms with Crippen LogP contribution in [-0.2, 0) is 4.74 Å². The Morgan fingerprint density at radius 2 is 1.93 bits per heavy atom. The minimum absolute atomic E-state index is 0.692. The molecule has 84 valence electrons. The van der Waals surface area contributed by atoms with Gasteiger partial charge in [0.15, 0.2) is 0 Å². The molecule has 2 heteroatoms. The molecule has 0 radical (unpaired) electrons. The molecule has 0 aliphatic carbocycles. The van der Waals surface area contributed by atoms with Crippen LogP contribution in [0.15, 0.2) is 0 Å². The molecule has 0 aromatic carbocycles. The molecule has 1 fully saturated rings. The molecule has 1 rings (SSSR count). The zero-order valence-electron chi connectivity index (χ0n) is 9.88. The molecule has 0 bridgehead atoms. The lowest BCUT2D eigenvalue weighted by molar-refractivity contribution is 0.0648. The summed E-state index contributed by atoms with van der Waals surface area (Å²) in [5.41, 5.74) is 0. The molecule has 0 aromatic heterocycles. The van der Waals surface area contributed by atoms with Crippen LogP contribution in [0.1, 0.15) is 40.0 Å². The van der Waals surface area contributed by atoms with Crippen LogP contribution in [0.3, 0.4) is 0 Å². The van der Waals surface area contributed by atoms with Gasteiger partial charge in [-0.25, -0.2) is 0 Å². The van der Waals surface area contributed by atoms with Crippen molar-refractivity contribution in [2.24, 2.45) is 11.8 Å². The second kappa shape index (κ2) is 6.41. The fraction of sp³-hybridized carbons (Fsp3) is 1.00. The van der Waals surface area contributed by atoms with Crippen molar-refractivity contribution in [1.82, 2.24) is 5.32 Å². The highest BCUT2D eigenvalue weighted by atomic mass is 16.5. The maximum Gasteiger partial charge on any atom is 0.0469 e. The molecule has 2 nitrogen and oxygen atoms in total. The van der Waals surface area contributed by atoms with E-state index < -0.39 is 0 Å². The molecule has 1 N–H and O–H groups in total. The summed E-state index contributed by atoms with van der Waals surface area (Å²) in [5, 5.41) is 3.68. The summed E-state index contributed by atoms with van der Waals surface area (Å²) in [7, 11) is 0. The van der Waals surface area contributed by atoms with Crippen LogP contribution in [-0.4, -0.2) is 25.8 Å². The first-order chi connectivity index (χ1) is 6.74. The zero-order valence-corrected chi connectivity index (χ0v) is 9.88. The van der Waals surface area contributed by atoms with Crippen LogP contribution in [0.2, 0.25) is 0 Å². The summed E-state index contributed by atoms with van der Waals surface area (Å²) >= 11 is 0. The van der Waals surface area contributed by atoms with Gasteiger partial charge in [-0.15, -0.1) is 0 Å². The Bertz CT molecular complexity index is 141. The second-order valence-corrected chi connectivity index (χ2v) is 4.72. The van der Waals surface area contributed by atoms with Crippen LogP contribution in [0.4, 0.5) is 0 Å².